The maximum Gasteiger partial charge on any atom is 0.422 e. The Bertz CT molecular complexity index is 868. The van der Waals surface area contributed by atoms with E-state index in [1.165, 1.54) is 13.0 Å². The van der Waals surface area contributed by atoms with Crippen molar-refractivity contribution >= 4 is 29.2 Å². The van der Waals surface area contributed by atoms with Crippen molar-refractivity contribution in [3.8, 4) is 5.88 Å². The van der Waals surface area contributed by atoms with Gasteiger partial charge in [0.1, 0.15) is 0 Å². The van der Waals surface area contributed by atoms with Crippen molar-refractivity contribution in [1.29, 1.82) is 0 Å². The molecule has 0 aliphatic carbocycles. The minimum Gasteiger partial charge on any atom is -0.468 e. The molecule has 154 valence electrons. The molecule has 2 rings (SSSR count). The Morgan fingerprint density at radius 1 is 1.00 bits per heavy atom. The van der Waals surface area contributed by atoms with Gasteiger partial charge in [0.15, 0.2) is 13.2 Å². The molecule has 1 aromatic heterocycles. The molecule has 1 heterocycles. The third kappa shape index (κ3) is 7.87. The third-order valence-corrected chi connectivity index (χ3v) is 3.18. The van der Waals surface area contributed by atoms with E-state index in [1.54, 1.807) is 24.3 Å². The van der Waals surface area contributed by atoms with Gasteiger partial charge < -0.3 is 20.1 Å². The molecule has 0 bridgehead atoms. The van der Waals surface area contributed by atoms with Crippen LogP contribution < -0.4 is 15.4 Å². The highest BCUT2D eigenvalue weighted by Crippen LogP contribution is 2.17. The fourth-order valence-corrected chi connectivity index (χ4v) is 1.99. The number of carbonyl (C=O) groups excluding carboxylic acids is 3. The van der Waals surface area contributed by atoms with Gasteiger partial charge in [0, 0.05) is 30.6 Å². The average Bonchev–Trinajstić information content (AvgIpc) is 2.65. The van der Waals surface area contributed by atoms with Gasteiger partial charge in [-0.3, -0.25) is 9.59 Å². The Morgan fingerprint density at radius 3 is 2.14 bits per heavy atom. The van der Waals surface area contributed by atoms with E-state index in [9.17, 15) is 27.6 Å². The number of hydrogen-bond acceptors (Lipinski definition) is 6. The first-order valence-corrected chi connectivity index (χ1v) is 8.12. The van der Waals surface area contributed by atoms with Crippen molar-refractivity contribution in [2.45, 2.75) is 13.1 Å². The van der Waals surface area contributed by atoms with Crippen LogP contribution in [0.3, 0.4) is 0 Å². The molecule has 0 spiro atoms. The van der Waals surface area contributed by atoms with Crippen molar-refractivity contribution in [3.05, 3.63) is 48.2 Å². The van der Waals surface area contributed by atoms with Crippen LogP contribution in [0.15, 0.2) is 42.6 Å². The molecule has 0 atom stereocenters. The molecule has 11 heteroatoms. The fourth-order valence-electron chi connectivity index (χ4n) is 1.99. The summed E-state index contributed by atoms with van der Waals surface area (Å²) in [6.45, 7) is -0.725. The summed E-state index contributed by atoms with van der Waals surface area (Å²) in [5.41, 5.74) is 0.918. The summed E-state index contributed by atoms with van der Waals surface area (Å²) >= 11 is 0. The number of alkyl halides is 3. The Labute approximate surface area is 163 Å². The van der Waals surface area contributed by atoms with Crippen LogP contribution in [-0.2, 0) is 14.3 Å². The molecule has 0 aliphatic heterocycles. The van der Waals surface area contributed by atoms with Gasteiger partial charge in [-0.1, -0.05) is 0 Å². The van der Waals surface area contributed by atoms with Crippen LogP contribution in [0.5, 0.6) is 5.88 Å². The standard InChI is InChI=1S/C18H16F3N3O5/c1-11(25)23-13-3-5-14(6-4-13)24-15(26)9-28-17(27)12-2-7-16(22-8-12)29-10-18(19,20)21/h2-8H,9-10H2,1H3,(H,23,25)(H,24,26). The number of amides is 2. The van der Waals surface area contributed by atoms with E-state index in [0.29, 0.717) is 11.4 Å². The van der Waals surface area contributed by atoms with Gasteiger partial charge >= 0.3 is 12.1 Å². The summed E-state index contributed by atoms with van der Waals surface area (Å²) in [7, 11) is 0. The van der Waals surface area contributed by atoms with E-state index >= 15 is 0 Å². The van der Waals surface area contributed by atoms with Crippen LogP contribution in [0, 0.1) is 0 Å². The smallest absolute Gasteiger partial charge is 0.422 e. The summed E-state index contributed by atoms with van der Waals surface area (Å²) in [6, 6.07) is 8.51. The lowest BCUT2D eigenvalue weighted by atomic mass is 10.2. The number of carbonyl (C=O) groups is 3. The van der Waals surface area contributed by atoms with Gasteiger partial charge in [0.2, 0.25) is 11.8 Å². The second kappa shape index (κ2) is 9.53. The Kier molecular flexibility index (Phi) is 7.12. The normalized spacial score (nSPS) is 10.8. The second-order valence-electron chi connectivity index (χ2n) is 5.67. The van der Waals surface area contributed by atoms with Crippen LogP contribution in [-0.4, -0.2) is 42.2 Å². The quantitative estimate of drug-likeness (QED) is 0.679. The number of hydrogen-bond donors (Lipinski definition) is 2. The van der Waals surface area contributed by atoms with Crippen LogP contribution in [0.2, 0.25) is 0 Å². The molecular weight excluding hydrogens is 395 g/mol. The monoisotopic (exact) mass is 411 g/mol. The summed E-state index contributed by atoms with van der Waals surface area (Å²) in [6.07, 6.45) is -3.52. The zero-order chi connectivity index (χ0) is 21.4. The number of anilines is 2. The van der Waals surface area contributed by atoms with E-state index in [0.717, 1.165) is 12.3 Å². The van der Waals surface area contributed by atoms with E-state index in [-0.39, 0.29) is 17.4 Å². The van der Waals surface area contributed by atoms with Crippen molar-refractivity contribution in [1.82, 2.24) is 4.98 Å². The summed E-state index contributed by atoms with van der Waals surface area (Å²) in [5.74, 6) is -2.03. The number of ether oxygens (including phenoxy) is 2. The fraction of sp³-hybridized carbons (Fsp3) is 0.222. The van der Waals surface area contributed by atoms with E-state index in [4.69, 9.17) is 4.74 Å². The van der Waals surface area contributed by atoms with Crippen LogP contribution in [0.25, 0.3) is 0 Å². The van der Waals surface area contributed by atoms with Gasteiger partial charge in [0.25, 0.3) is 5.91 Å². The number of benzene rings is 1. The minimum absolute atomic E-state index is 0.0585. The number of aromatic nitrogens is 1. The molecule has 0 saturated heterocycles. The predicted molar refractivity (Wildman–Crippen MR) is 95.4 cm³/mol. The average molecular weight is 411 g/mol. The molecule has 0 fully saturated rings. The van der Waals surface area contributed by atoms with E-state index < -0.39 is 31.3 Å². The number of rotatable bonds is 7. The topological polar surface area (TPSA) is 107 Å². The number of nitrogens with zero attached hydrogens (tertiary/aromatic N) is 1. The summed E-state index contributed by atoms with van der Waals surface area (Å²) in [5, 5.41) is 5.07. The lowest BCUT2D eigenvalue weighted by molar-refractivity contribution is -0.154. The molecule has 0 aliphatic rings. The first-order chi connectivity index (χ1) is 13.6. The molecule has 1 aromatic carbocycles. The largest absolute Gasteiger partial charge is 0.468 e. The maximum absolute atomic E-state index is 12.1. The highest BCUT2D eigenvalue weighted by atomic mass is 19.4. The number of halogens is 3. The Balaban J connectivity index is 1.80. The van der Waals surface area contributed by atoms with Crippen molar-refractivity contribution < 1.29 is 37.0 Å². The van der Waals surface area contributed by atoms with Gasteiger partial charge in [-0.2, -0.15) is 13.2 Å². The van der Waals surface area contributed by atoms with Crippen molar-refractivity contribution in [3.63, 3.8) is 0 Å². The molecule has 0 radical (unpaired) electrons. The van der Waals surface area contributed by atoms with E-state index in [2.05, 4.69) is 20.4 Å². The number of nitrogens with one attached hydrogen (secondary N) is 2. The lowest BCUT2D eigenvalue weighted by Gasteiger charge is -2.09. The molecule has 8 nitrogen and oxygen atoms in total. The number of esters is 1. The highest BCUT2D eigenvalue weighted by molar-refractivity contribution is 5.95. The first-order valence-electron chi connectivity index (χ1n) is 8.12. The van der Waals surface area contributed by atoms with Gasteiger partial charge in [-0.25, -0.2) is 9.78 Å². The third-order valence-electron chi connectivity index (χ3n) is 3.18. The SMILES string of the molecule is CC(=O)Nc1ccc(NC(=O)COC(=O)c2ccc(OCC(F)(F)F)nc2)cc1. The highest BCUT2D eigenvalue weighted by Gasteiger charge is 2.28. The van der Waals surface area contributed by atoms with Crippen LogP contribution in [0.1, 0.15) is 17.3 Å². The van der Waals surface area contributed by atoms with E-state index in [1.807, 2.05) is 0 Å². The zero-order valence-corrected chi connectivity index (χ0v) is 15.1. The second-order valence-corrected chi connectivity index (χ2v) is 5.67. The summed E-state index contributed by atoms with van der Waals surface area (Å²) in [4.78, 5) is 38.2. The van der Waals surface area contributed by atoms with Gasteiger partial charge in [0.05, 0.1) is 5.56 Å². The lowest BCUT2D eigenvalue weighted by Crippen LogP contribution is -2.21. The van der Waals surface area contributed by atoms with Crippen molar-refractivity contribution in [2.75, 3.05) is 23.8 Å². The van der Waals surface area contributed by atoms with Crippen molar-refractivity contribution in [2.24, 2.45) is 0 Å². The molecule has 2 N–H and O–H groups in total. The molecule has 2 aromatic rings. The predicted octanol–water partition coefficient (Wildman–Crippen LogP) is 2.78. The minimum atomic E-state index is -4.50. The van der Waals surface area contributed by atoms with Gasteiger partial charge in [-0.15, -0.1) is 0 Å². The number of pyridine rings is 1. The summed E-state index contributed by atoms with van der Waals surface area (Å²) < 4.78 is 45.5. The Hall–Kier alpha value is -3.63. The van der Waals surface area contributed by atoms with Gasteiger partial charge in [-0.05, 0) is 30.3 Å². The molecule has 2 amide bonds. The Morgan fingerprint density at radius 2 is 1.62 bits per heavy atom. The molecule has 0 saturated carbocycles. The maximum atomic E-state index is 12.1. The van der Waals surface area contributed by atoms with Crippen LogP contribution in [0.4, 0.5) is 24.5 Å². The molecule has 29 heavy (non-hydrogen) atoms. The zero-order valence-electron chi connectivity index (χ0n) is 15.1. The molecular formula is C18H16F3N3O5. The first kappa shape index (κ1) is 21.7. The van der Waals surface area contributed by atoms with Crippen LogP contribution >= 0.6 is 0 Å². The molecule has 0 unspecified atom stereocenters.